The highest BCUT2D eigenvalue weighted by Gasteiger charge is 2.11. The molecule has 0 aliphatic carbocycles. The van der Waals surface area contributed by atoms with Crippen LogP contribution in [0.3, 0.4) is 0 Å². The number of unbranched alkanes of at least 4 members (excludes halogenated alkanes) is 1. The lowest BCUT2D eigenvalue weighted by atomic mass is 10.3. The molecule has 3 rings (SSSR count). The van der Waals surface area contributed by atoms with Crippen LogP contribution in [0, 0.1) is 0 Å². The summed E-state index contributed by atoms with van der Waals surface area (Å²) in [5, 5.41) is 0. The number of nitrogens with one attached hydrogen (secondary N) is 1. The van der Waals surface area contributed by atoms with Crippen LogP contribution >= 0.6 is 0 Å². The lowest BCUT2D eigenvalue weighted by Crippen LogP contribution is -2.39. The van der Waals surface area contributed by atoms with Crippen molar-refractivity contribution in [1.82, 2.24) is 18.9 Å². The zero-order valence-electron chi connectivity index (χ0n) is 10.6. The highest BCUT2D eigenvalue weighted by molar-refractivity contribution is 5.78. The number of benzene rings is 1. The average molecular weight is 258 g/mol. The highest BCUT2D eigenvalue weighted by atomic mass is 16.2. The van der Waals surface area contributed by atoms with Gasteiger partial charge in [0.05, 0.1) is 11.0 Å². The van der Waals surface area contributed by atoms with Crippen LogP contribution in [0.1, 0.15) is 19.8 Å². The SMILES string of the molecule is CCCCn1c(=O)[nH]c2nc3ccccc3n2c1=O. The van der Waals surface area contributed by atoms with Gasteiger partial charge in [-0.25, -0.2) is 23.5 Å². The van der Waals surface area contributed by atoms with Crippen LogP contribution in [-0.4, -0.2) is 18.9 Å². The van der Waals surface area contributed by atoms with Crippen molar-refractivity contribution in [2.75, 3.05) is 0 Å². The minimum absolute atomic E-state index is 0.295. The fraction of sp³-hybridized carbons (Fsp3) is 0.308. The van der Waals surface area contributed by atoms with E-state index in [1.165, 1.54) is 8.97 Å². The molecule has 0 radical (unpaired) electrons. The summed E-state index contributed by atoms with van der Waals surface area (Å²) in [6, 6.07) is 7.33. The van der Waals surface area contributed by atoms with Crippen molar-refractivity contribution in [3.63, 3.8) is 0 Å². The van der Waals surface area contributed by atoms with Crippen molar-refractivity contribution < 1.29 is 0 Å². The number of para-hydroxylation sites is 2. The van der Waals surface area contributed by atoms with Gasteiger partial charge in [0.15, 0.2) is 0 Å². The number of fused-ring (bicyclic) bond motifs is 3. The molecule has 6 heteroatoms. The second-order valence-electron chi connectivity index (χ2n) is 4.48. The van der Waals surface area contributed by atoms with Gasteiger partial charge in [-0.2, -0.15) is 0 Å². The normalized spacial score (nSPS) is 11.4. The van der Waals surface area contributed by atoms with Crippen molar-refractivity contribution in [3.05, 3.63) is 45.2 Å². The predicted molar refractivity (Wildman–Crippen MR) is 72.5 cm³/mol. The van der Waals surface area contributed by atoms with Crippen LogP contribution in [0.2, 0.25) is 0 Å². The molecule has 0 atom stereocenters. The van der Waals surface area contributed by atoms with Gasteiger partial charge in [-0.05, 0) is 18.6 Å². The van der Waals surface area contributed by atoms with Gasteiger partial charge < -0.3 is 0 Å². The second kappa shape index (κ2) is 4.38. The van der Waals surface area contributed by atoms with E-state index in [0.29, 0.717) is 23.4 Å². The number of hydrogen-bond acceptors (Lipinski definition) is 3. The second-order valence-corrected chi connectivity index (χ2v) is 4.48. The molecule has 0 unspecified atom stereocenters. The van der Waals surface area contributed by atoms with Crippen LogP contribution in [0.5, 0.6) is 0 Å². The first-order chi connectivity index (χ1) is 9.22. The molecule has 19 heavy (non-hydrogen) atoms. The summed E-state index contributed by atoms with van der Waals surface area (Å²) >= 11 is 0. The number of aromatic nitrogens is 4. The summed E-state index contributed by atoms with van der Waals surface area (Å²) in [5.41, 5.74) is 0.676. The van der Waals surface area contributed by atoms with Crippen LogP contribution in [0.25, 0.3) is 16.8 Å². The van der Waals surface area contributed by atoms with E-state index < -0.39 is 5.69 Å². The van der Waals surface area contributed by atoms with Gasteiger partial charge in [-0.1, -0.05) is 25.5 Å². The summed E-state index contributed by atoms with van der Waals surface area (Å²) in [7, 11) is 0. The molecular weight excluding hydrogens is 244 g/mol. The van der Waals surface area contributed by atoms with E-state index in [1.807, 2.05) is 31.2 Å². The summed E-state index contributed by atoms with van der Waals surface area (Å²) in [6.45, 7) is 2.44. The van der Waals surface area contributed by atoms with E-state index in [0.717, 1.165) is 12.8 Å². The zero-order valence-corrected chi connectivity index (χ0v) is 10.6. The Morgan fingerprint density at radius 2 is 2.05 bits per heavy atom. The van der Waals surface area contributed by atoms with Gasteiger partial charge in [-0.15, -0.1) is 0 Å². The molecular formula is C13H14N4O2. The zero-order chi connectivity index (χ0) is 13.4. The summed E-state index contributed by atoms with van der Waals surface area (Å²) in [4.78, 5) is 31.2. The number of rotatable bonds is 3. The molecule has 0 bridgehead atoms. The van der Waals surface area contributed by atoms with Crippen LogP contribution in [0.15, 0.2) is 33.9 Å². The molecule has 6 nitrogen and oxygen atoms in total. The molecule has 0 saturated heterocycles. The third kappa shape index (κ3) is 1.76. The van der Waals surface area contributed by atoms with Crippen molar-refractivity contribution in [2.24, 2.45) is 0 Å². The Balaban J connectivity index is 2.39. The van der Waals surface area contributed by atoms with E-state index in [2.05, 4.69) is 9.97 Å². The molecule has 1 aromatic carbocycles. The van der Waals surface area contributed by atoms with E-state index in [1.54, 1.807) is 0 Å². The Bertz CT molecular complexity index is 856. The Kier molecular flexibility index (Phi) is 2.70. The number of nitrogens with zero attached hydrogens (tertiary/aromatic N) is 3. The van der Waals surface area contributed by atoms with Gasteiger partial charge in [0.1, 0.15) is 0 Å². The van der Waals surface area contributed by atoms with E-state index in [9.17, 15) is 9.59 Å². The number of aromatic amines is 1. The van der Waals surface area contributed by atoms with Gasteiger partial charge in [-0.3, -0.25) is 4.98 Å². The van der Waals surface area contributed by atoms with Crippen LogP contribution < -0.4 is 11.4 Å². The van der Waals surface area contributed by atoms with E-state index >= 15 is 0 Å². The summed E-state index contributed by atoms with van der Waals surface area (Å²) < 4.78 is 2.68. The number of imidazole rings is 1. The molecule has 0 fully saturated rings. The van der Waals surface area contributed by atoms with Gasteiger partial charge >= 0.3 is 11.4 Å². The van der Waals surface area contributed by atoms with Gasteiger partial charge in [0, 0.05) is 6.54 Å². The molecule has 3 aromatic rings. The standard InChI is InChI=1S/C13H14N4O2/c1-2-3-8-16-12(18)15-11-14-9-6-4-5-7-10(9)17(11)13(16)19/h4-7H,2-3,8H2,1H3,(H,14,15,18). The number of hydrogen-bond donors (Lipinski definition) is 1. The molecule has 0 spiro atoms. The Morgan fingerprint density at radius 1 is 1.26 bits per heavy atom. The smallest absolute Gasteiger partial charge is 0.277 e. The maximum Gasteiger partial charge on any atom is 0.339 e. The number of H-pyrrole nitrogens is 1. The fourth-order valence-electron chi connectivity index (χ4n) is 2.19. The predicted octanol–water partition coefficient (Wildman–Crippen LogP) is 1.14. The Labute approximate surface area is 108 Å². The maximum absolute atomic E-state index is 12.4. The molecule has 1 N–H and O–H groups in total. The first-order valence-corrected chi connectivity index (χ1v) is 6.32. The van der Waals surface area contributed by atoms with Crippen molar-refractivity contribution in [1.29, 1.82) is 0 Å². The first kappa shape index (κ1) is 11.7. The van der Waals surface area contributed by atoms with Crippen LogP contribution in [-0.2, 0) is 6.54 Å². The van der Waals surface area contributed by atoms with Gasteiger partial charge in [0.25, 0.3) is 0 Å². The molecule has 2 aromatic heterocycles. The van der Waals surface area contributed by atoms with Gasteiger partial charge in [0.2, 0.25) is 5.78 Å². The quantitative estimate of drug-likeness (QED) is 0.765. The summed E-state index contributed by atoms with van der Waals surface area (Å²) in [5.74, 6) is 0.295. The molecule has 0 aliphatic rings. The van der Waals surface area contributed by atoms with Crippen molar-refractivity contribution in [3.8, 4) is 0 Å². The molecule has 0 amide bonds. The Morgan fingerprint density at radius 3 is 2.84 bits per heavy atom. The van der Waals surface area contributed by atoms with Crippen LogP contribution in [0.4, 0.5) is 0 Å². The first-order valence-electron chi connectivity index (χ1n) is 6.32. The lowest BCUT2D eigenvalue weighted by molar-refractivity contribution is 0.564. The molecule has 98 valence electrons. The Hall–Kier alpha value is -2.37. The molecule has 0 saturated carbocycles. The van der Waals surface area contributed by atoms with Crippen molar-refractivity contribution in [2.45, 2.75) is 26.3 Å². The lowest BCUT2D eigenvalue weighted by Gasteiger charge is -2.03. The highest BCUT2D eigenvalue weighted by Crippen LogP contribution is 2.11. The third-order valence-electron chi connectivity index (χ3n) is 3.18. The minimum Gasteiger partial charge on any atom is -0.277 e. The fourth-order valence-corrected chi connectivity index (χ4v) is 2.19. The monoisotopic (exact) mass is 258 g/mol. The average Bonchev–Trinajstić information content (AvgIpc) is 2.76. The molecule has 0 aliphatic heterocycles. The van der Waals surface area contributed by atoms with E-state index in [4.69, 9.17) is 0 Å². The minimum atomic E-state index is -0.402. The largest absolute Gasteiger partial charge is 0.339 e. The maximum atomic E-state index is 12.4. The van der Waals surface area contributed by atoms with E-state index in [-0.39, 0.29) is 5.69 Å². The van der Waals surface area contributed by atoms with Crippen molar-refractivity contribution >= 4 is 16.8 Å². The molecule has 2 heterocycles. The topological polar surface area (TPSA) is 72.2 Å². The third-order valence-corrected chi connectivity index (χ3v) is 3.18. The summed E-state index contributed by atoms with van der Waals surface area (Å²) in [6.07, 6.45) is 1.72.